The Hall–Kier alpha value is -1.75. The van der Waals surface area contributed by atoms with E-state index >= 15 is 0 Å². The van der Waals surface area contributed by atoms with Crippen LogP contribution in [0.25, 0.3) is 22.3 Å². The Bertz CT molecular complexity index is 962. The standard InChI is InChI=1S/C12H5F2IN4OS/c13-5-1-4(15)2-6(14)7(5)9-8-10(19-12(21)18-9)16-3-17-11(8)20/h1-3H,(H2,16,17,18,19,20,21). The van der Waals surface area contributed by atoms with Crippen molar-refractivity contribution in [3.63, 3.8) is 0 Å². The largest absolute Gasteiger partial charge is 0.329 e. The number of H-pyrrole nitrogens is 2. The summed E-state index contributed by atoms with van der Waals surface area (Å²) in [5.74, 6) is -1.61. The summed E-state index contributed by atoms with van der Waals surface area (Å²) in [6.07, 6.45) is 1.15. The molecule has 5 nitrogen and oxygen atoms in total. The van der Waals surface area contributed by atoms with E-state index in [1.54, 1.807) is 22.6 Å². The van der Waals surface area contributed by atoms with Crippen molar-refractivity contribution < 1.29 is 8.78 Å². The summed E-state index contributed by atoms with van der Waals surface area (Å²) in [6, 6.07) is 2.32. The molecule has 0 amide bonds. The van der Waals surface area contributed by atoms with Crippen molar-refractivity contribution >= 4 is 45.8 Å². The third-order valence-electron chi connectivity index (χ3n) is 2.78. The molecule has 3 aromatic rings. The monoisotopic (exact) mass is 418 g/mol. The highest BCUT2D eigenvalue weighted by molar-refractivity contribution is 14.1. The van der Waals surface area contributed by atoms with Gasteiger partial charge in [-0.05, 0) is 46.9 Å². The predicted molar refractivity (Wildman–Crippen MR) is 83.4 cm³/mol. The summed E-state index contributed by atoms with van der Waals surface area (Å²) in [6.45, 7) is 0. The molecule has 2 N–H and O–H groups in total. The van der Waals surface area contributed by atoms with Crippen molar-refractivity contribution in [3.8, 4) is 11.3 Å². The van der Waals surface area contributed by atoms with E-state index in [9.17, 15) is 13.6 Å². The predicted octanol–water partition coefficient (Wildman–Crippen LogP) is 2.93. The molecule has 0 spiro atoms. The second-order valence-electron chi connectivity index (χ2n) is 4.09. The molecule has 9 heteroatoms. The van der Waals surface area contributed by atoms with Crippen molar-refractivity contribution in [1.29, 1.82) is 0 Å². The highest BCUT2D eigenvalue weighted by Crippen LogP contribution is 2.29. The zero-order valence-electron chi connectivity index (χ0n) is 10.1. The van der Waals surface area contributed by atoms with Gasteiger partial charge in [-0.2, -0.15) is 4.98 Å². The minimum Gasteiger partial charge on any atom is -0.329 e. The minimum absolute atomic E-state index is 0.0204. The van der Waals surface area contributed by atoms with Crippen LogP contribution in [0.4, 0.5) is 8.78 Å². The van der Waals surface area contributed by atoms with Gasteiger partial charge < -0.3 is 9.97 Å². The van der Waals surface area contributed by atoms with Gasteiger partial charge in [0.05, 0.1) is 17.6 Å². The van der Waals surface area contributed by atoms with Crippen molar-refractivity contribution in [1.82, 2.24) is 19.9 Å². The summed E-state index contributed by atoms with van der Waals surface area (Å²) < 4.78 is 28.7. The average Bonchev–Trinajstić information content (AvgIpc) is 2.36. The lowest BCUT2D eigenvalue weighted by atomic mass is 10.1. The molecule has 0 atom stereocenters. The Labute approximate surface area is 134 Å². The maximum atomic E-state index is 14.1. The fourth-order valence-electron chi connectivity index (χ4n) is 1.96. The molecule has 0 aliphatic heterocycles. The number of rotatable bonds is 1. The second kappa shape index (κ2) is 5.22. The van der Waals surface area contributed by atoms with Crippen LogP contribution in [0.1, 0.15) is 0 Å². The molecule has 2 aromatic heterocycles. The Balaban J connectivity index is 2.52. The van der Waals surface area contributed by atoms with Gasteiger partial charge in [0.15, 0.2) is 10.4 Å². The lowest BCUT2D eigenvalue weighted by Gasteiger charge is -2.08. The number of fused-ring (bicyclic) bond motifs is 1. The summed E-state index contributed by atoms with van der Waals surface area (Å²) in [5.41, 5.74) is -0.987. The van der Waals surface area contributed by atoms with Gasteiger partial charge in [-0.3, -0.25) is 4.79 Å². The Morgan fingerprint density at radius 2 is 1.90 bits per heavy atom. The van der Waals surface area contributed by atoms with E-state index in [2.05, 4.69) is 19.9 Å². The molecule has 2 heterocycles. The van der Waals surface area contributed by atoms with Crippen LogP contribution in [-0.4, -0.2) is 19.9 Å². The van der Waals surface area contributed by atoms with Gasteiger partial charge in [-0.25, -0.2) is 13.8 Å². The van der Waals surface area contributed by atoms with E-state index in [0.717, 1.165) is 18.5 Å². The van der Waals surface area contributed by atoms with Gasteiger partial charge in [0.2, 0.25) is 0 Å². The zero-order chi connectivity index (χ0) is 15.1. The average molecular weight is 418 g/mol. The van der Waals surface area contributed by atoms with Crippen LogP contribution in [0.15, 0.2) is 23.3 Å². The van der Waals surface area contributed by atoms with Crippen LogP contribution in [0.2, 0.25) is 0 Å². The first kappa shape index (κ1) is 14.2. The van der Waals surface area contributed by atoms with Gasteiger partial charge in [0.1, 0.15) is 17.0 Å². The van der Waals surface area contributed by atoms with E-state index in [0.29, 0.717) is 3.57 Å². The van der Waals surface area contributed by atoms with Crippen LogP contribution in [-0.2, 0) is 0 Å². The van der Waals surface area contributed by atoms with Gasteiger partial charge in [0.25, 0.3) is 5.56 Å². The molecule has 1 aromatic carbocycles. The molecule has 0 aliphatic carbocycles. The van der Waals surface area contributed by atoms with Gasteiger partial charge >= 0.3 is 0 Å². The van der Waals surface area contributed by atoms with Crippen molar-refractivity contribution in [2.45, 2.75) is 0 Å². The highest BCUT2D eigenvalue weighted by Gasteiger charge is 2.18. The molecule has 3 rings (SSSR count). The molecular formula is C12H5F2IN4OS. The minimum atomic E-state index is -0.805. The van der Waals surface area contributed by atoms with Crippen molar-refractivity contribution in [2.24, 2.45) is 0 Å². The maximum Gasteiger partial charge on any atom is 0.262 e. The molecule has 0 saturated heterocycles. The number of aromatic amines is 2. The number of nitrogens with one attached hydrogen (secondary N) is 2. The summed E-state index contributed by atoms with van der Waals surface area (Å²) in [4.78, 5) is 24.6. The molecule has 106 valence electrons. The number of halogens is 3. The summed E-state index contributed by atoms with van der Waals surface area (Å²) in [7, 11) is 0. The number of aromatic nitrogens is 4. The number of benzene rings is 1. The second-order valence-corrected chi connectivity index (χ2v) is 5.72. The Kier molecular flexibility index (Phi) is 3.53. The van der Waals surface area contributed by atoms with Crippen molar-refractivity contribution in [3.05, 3.63) is 48.8 Å². The molecule has 0 aliphatic rings. The molecular weight excluding hydrogens is 413 g/mol. The topological polar surface area (TPSA) is 74.4 Å². The third-order valence-corrected chi connectivity index (χ3v) is 3.60. The molecule has 0 bridgehead atoms. The van der Waals surface area contributed by atoms with Crippen LogP contribution in [0, 0.1) is 20.0 Å². The van der Waals surface area contributed by atoms with Crippen LogP contribution >= 0.6 is 34.8 Å². The maximum absolute atomic E-state index is 14.1. The number of hydrogen-bond acceptors (Lipinski definition) is 4. The lowest BCUT2D eigenvalue weighted by Crippen LogP contribution is -2.11. The zero-order valence-corrected chi connectivity index (χ0v) is 13.1. The first-order valence-electron chi connectivity index (χ1n) is 5.60. The fourth-order valence-corrected chi connectivity index (χ4v) is 2.70. The van der Waals surface area contributed by atoms with E-state index < -0.39 is 17.2 Å². The smallest absolute Gasteiger partial charge is 0.262 e. The summed E-state index contributed by atoms with van der Waals surface area (Å²) in [5, 5.41) is -0.0508. The fraction of sp³-hybridized carbons (Fsp3) is 0. The van der Waals surface area contributed by atoms with Crippen LogP contribution in [0.5, 0.6) is 0 Å². The lowest BCUT2D eigenvalue weighted by molar-refractivity contribution is 0.587. The van der Waals surface area contributed by atoms with E-state index in [-0.39, 0.29) is 27.1 Å². The van der Waals surface area contributed by atoms with E-state index in [1.807, 2.05) is 0 Å². The molecule has 0 radical (unpaired) electrons. The first-order chi connectivity index (χ1) is 9.97. The van der Waals surface area contributed by atoms with Gasteiger partial charge in [-0.1, -0.05) is 0 Å². The molecule has 21 heavy (non-hydrogen) atoms. The quantitative estimate of drug-likeness (QED) is 0.471. The number of nitrogens with zero attached hydrogens (tertiary/aromatic N) is 2. The van der Waals surface area contributed by atoms with Gasteiger partial charge in [0, 0.05) is 3.57 Å². The Morgan fingerprint density at radius 1 is 1.24 bits per heavy atom. The normalized spacial score (nSPS) is 11.0. The molecule has 0 fully saturated rings. The SMILES string of the molecule is O=c1[nH]cnc2nc(=S)[nH]c(-c3c(F)cc(I)cc3F)c12. The van der Waals surface area contributed by atoms with Crippen LogP contribution < -0.4 is 5.56 Å². The molecule has 0 saturated carbocycles. The van der Waals surface area contributed by atoms with Gasteiger partial charge in [-0.15, -0.1) is 0 Å². The van der Waals surface area contributed by atoms with Crippen LogP contribution in [0.3, 0.4) is 0 Å². The van der Waals surface area contributed by atoms with Crippen molar-refractivity contribution in [2.75, 3.05) is 0 Å². The number of hydrogen-bond donors (Lipinski definition) is 2. The Morgan fingerprint density at radius 3 is 2.57 bits per heavy atom. The van der Waals surface area contributed by atoms with E-state index in [1.165, 1.54) is 0 Å². The first-order valence-corrected chi connectivity index (χ1v) is 7.08. The highest BCUT2D eigenvalue weighted by atomic mass is 127. The third kappa shape index (κ3) is 2.46. The van der Waals surface area contributed by atoms with E-state index in [4.69, 9.17) is 12.2 Å². The summed E-state index contributed by atoms with van der Waals surface area (Å²) >= 11 is 6.71. The molecule has 0 unspecified atom stereocenters.